The van der Waals surface area contributed by atoms with Crippen LogP contribution in [0.3, 0.4) is 0 Å². The van der Waals surface area contributed by atoms with Crippen molar-refractivity contribution in [2.45, 2.75) is 57.5 Å². The van der Waals surface area contributed by atoms with Gasteiger partial charge in [-0.25, -0.2) is 9.97 Å². The van der Waals surface area contributed by atoms with Crippen LogP contribution in [-0.2, 0) is 14.3 Å². The number of likely N-dealkylation sites (N-methyl/N-ethyl adjacent to an activating group) is 1. The van der Waals surface area contributed by atoms with E-state index < -0.39 is 5.97 Å². The van der Waals surface area contributed by atoms with Crippen molar-refractivity contribution >= 4 is 45.2 Å². The third-order valence-electron chi connectivity index (χ3n) is 5.54. The van der Waals surface area contributed by atoms with Crippen molar-refractivity contribution in [3.05, 3.63) is 16.8 Å². The Labute approximate surface area is 174 Å². The number of aryl methyl sites for hydroxylation is 2. The average Bonchev–Trinajstić information content (AvgIpc) is 2.99. The van der Waals surface area contributed by atoms with Gasteiger partial charge in [0.15, 0.2) is 6.61 Å². The zero-order valence-corrected chi connectivity index (χ0v) is 18.5. The quantitative estimate of drug-likeness (QED) is 0.399. The van der Waals surface area contributed by atoms with E-state index in [-0.39, 0.29) is 24.3 Å². The Morgan fingerprint density at radius 3 is 2.68 bits per heavy atom. The van der Waals surface area contributed by atoms with Gasteiger partial charge in [0.25, 0.3) is 5.91 Å². The molecular weight excluding hydrogens is 394 g/mol. The van der Waals surface area contributed by atoms with Gasteiger partial charge in [0.05, 0.1) is 5.75 Å². The molecule has 1 amide bonds. The van der Waals surface area contributed by atoms with E-state index in [4.69, 9.17) is 4.74 Å². The predicted octanol–water partition coefficient (Wildman–Crippen LogP) is 3.98. The van der Waals surface area contributed by atoms with Gasteiger partial charge in [-0.2, -0.15) is 0 Å². The molecule has 1 fully saturated rings. The molecular formula is C20H27N3O3S2. The summed E-state index contributed by atoms with van der Waals surface area (Å²) >= 11 is 2.96. The molecule has 0 bridgehead atoms. The van der Waals surface area contributed by atoms with E-state index in [0.717, 1.165) is 52.4 Å². The lowest BCUT2D eigenvalue weighted by Crippen LogP contribution is -2.41. The van der Waals surface area contributed by atoms with Crippen LogP contribution in [0.25, 0.3) is 10.2 Å². The summed E-state index contributed by atoms with van der Waals surface area (Å²) in [5.41, 5.74) is 1.15. The maximum Gasteiger partial charge on any atom is 0.316 e. The standard InChI is InChI=1S/C20H27N3O3S2/c1-12-5-7-15(8-6-12)23(4)16(24)9-26-17(25)10-27-19-18-13(2)14(3)28-20(18)22-11-21-19/h11-12,15H,5-10H2,1-4H3. The molecule has 0 N–H and O–H groups in total. The molecule has 3 rings (SSSR count). The van der Waals surface area contributed by atoms with Crippen molar-refractivity contribution in [1.82, 2.24) is 14.9 Å². The summed E-state index contributed by atoms with van der Waals surface area (Å²) in [6.45, 7) is 6.15. The van der Waals surface area contributed by atoms with Crippen LogP contribution in [0.2, 0.25) is 0 Å². The second kappa shape index (κ2) is 9.22. The Balaban J connectivity index is 1.49. The summed E-state index contributed by atoms with van der Waals surface area (Å²) in [7, 11) is 1.81. The van der Waals surface area contributed by atoms with Crippen molar-refractivity contribution in [2.75, 3.05) is 19.4 Å². The largest absolute Gasteiger partial charge is 0.455 e. The fourth-order valence-electron chi connectivity index (χ4n) is 3.51. The SMILES string of the molecule is Cc1sc2ncnc(SCC(=O)OCC(=O)N(C)C3CCC(C)CC3)c2c1C. The fourth-order valence-corrected chi connectivity index (χ4v) is 5.42. The Morgan fingerprint density at radius 2 is 1.96 bits per heavy atom. The number of ether oxygens (including phenoxy) is 1. The van der Waals surface area contributed by atoms with Crippen LogP contribution in [0.4, 0.5) is 0 Å². The summed E-state index contributed by atoms with van der Waals surface area (Å²) in [5.74, 6) is 0.323. The molecule has 1 aliphatic rings. The van der Waals surface area contributed by atoms with E-state index in [1.54, 1.807) is 16.2 Å². The van der Waals surface area contributed by atoms with Gasteiger partial charge in [0.2, 0.25) is 0 Å². The third-order valence-corrected chi connectivity index (χ3v) is 7.62. The number of aromatic nitrogens is 2. The highest BCUT2D eigenvalue weighted by Crippen LogP contribution is 2.34. The molecule has 0 aromatic carbocycles. The molecule has 1 saturated carbocycles. The van der Waals surface area contributed by atoms with Crippen molar-refractivity contribution in [3.63, 3.8) is 0 Å². The molecule has 0 spiro atoms. The highest BCUT2D eigenvalue weighted by molar-refractivity contribution is 8.00. The lowest BCUT2D eigenvalue weighted by atomic mass is 9.87. The number of nitrogens with zero attached hydrogens (tertiary/aromatic N) is 3. The van der Waals surface area contributed by atoms with Crippen LogP contribution < -0.4 is 0 Å². The maximum absolute atomic E-state index is 12.3. The summed E-state index contributed by atoms with van der Waals surface area (Å²) in [4.78, 5) is 37.0. The maximum atomic E-state index is 12.3. The molecule has 0 unspecified atom stereocenters. The van der Waals surface area contributed by atoms with Gasteiger partial charge >= 0.3 is 5.97 Å². The van der Waals surface area contributed by atoms with Crippen molar-refractivity contribution in [2.24, 2.45) is 5.92 Å². The minimum atomic E-state index is -0.402. The molecule has 0 atom stereocenters. The molecule has 0 aliphatic heterocycles. The summed E-state index contributed by atoms with van der Waals surface area (Å²) in [5, 5.41) is 1.79. The number of carbonyl (C=O) groups is 2. The van der Waals surface area contributed by atoms with Crippen molar-refractivity contribution in [1.29, 1.82) is 0 Å². The van der Waals surface area contributed by atoms with Gasteiger partial charge in [-0.1, -0.05) is 18.7 Å². The number of hydrogen-bond donors (Lipinski definition) is 0. The van der Waals surface area contributed by atoms with Crippen LogP contribution in [-0.4, -0.2) is 52.2 Å². The van der Waals surface area contributed by atoms with E-state index >= 15 is 0 Å². The van der Waals surface area contributed by atoms with E-state index in [1.807, 2.05) is 14.0 Å². The van der Waals surface area contributed by atoms with Crippen molar-refractivity contribution < 1.29 is 14.3 Å². The minimum absolute atomic E-state index is 0.123. The number of esters is 1. The van der Waals surface area contributed by atoms with E-state index in [2.05, 4.69) is 23.8 Å². The summed E-state index contributed by atoms with van der Waals surface area (Å²) in [6.07, 6.45) is 5.86. The molecule has 2 aromatic heterocycles. The minimum Gasteiger partial charge on any atom is -0.455 e. The number of rotatable bonds is 6. The Hall–Kier alpha value is -1.67. The van der Waals surface area contributed by atoms with Gasteiger partial charge < -0.3 is 9.64 Å². The van der Waals surface area contributed by atoms with Gasteiger partial charge in [0.1, 0.15) is 16.2 Å². The van der Waals surface area contributed by atoms with Crippen LogP contribution >= 0.6 is 23.1 Å². The first kappa shape index (κ1) is 21.0. The van der Waals surface area contributed by atoms with Gasteiger partial charge in [-0.15, -0.1) is 11.3 Å². The molecule has 0 saturated heterocycles. The molecule has 6 nitrogen and oxygen atoms in total. The predicted molar refractivity (Wildman–Crippen MR) is 113 cm³/mol. The molecule has 152 valence electrons. The fraction of sp³-hybridized carbons (Fsp3) is 0.600. The van der Waals surface area contributed by atoms with Gasteiger partial charge in [-0.3, -0.25) is 9.59 Å². The molecule has 2 heterocycles. The molecule has 2 aromatic rings. The monoisotopic (exact) mass is 421 g/mol. The molecule has 0 radical (unpaired) electrons. The topological polar surface area (TPSA) is 72.4 Å². The second-order valence-electron chi connectivity index (χ2n) is 7.51. The Kier molecular flexibility index (Phi) is 6.93. The van der Waals surface area contributed by atoms with Crippen LogP contribution in [0.5, 0.6) is 0 Å². The Morgan fingerprint density at radius 1 is 1.25 bits per heavy atom. The number of fused-ring (bicyclic) bond motifs is 1. The van der Waals surface area contributed by atoms with Crippen LogP contribution in [0.15, 0.2) is 11.4 Å². The van der Waals surface area contributed by atoms with Gasteiger partial charge in [-0.05, 0) is 51.0 Å². The highest BCUT2D eigenvalue weighted by Gasteiger charge is 2.25. The first-order valence-corrected chi connectivity index (χ1v) is 11.4. The number of hydrogen-bond acceptors (Lipinski definition) is 7. The average molecular weight is 422 g/mol. The number of amides is 1. The van der Waals surface area contributed by atoms with E-state index in [0.29, 0.717) is 0 Å². The zero-order chi connectivity index (χ0) is 20.3. The number of thioether (sulfide) groups is 1. The molecule has 8 heteroatoms. The number of carbonyl (C=O) groups excluding carboxylic acids is 2. The number of thiophene rings is 1. The van der Waals surface area contributed by atoms with Crippen molar-refractivity contribution in [3.8, 4) is 0 Å². The first-order chi connectivity index (χ1) is 13.4. The smallest absolute Gasteiger partial charge is 0.316 e. The summed E-state index contributed by atoms with van der Waals surface area (Å²) < 4.78 is 5.21. The second-order valence-corrected chi connectivity index (χ2v) is 9.68. The van der Waals surface area contributed by atoms with Gasteiger partial charge in [0, 0.05) is 23.4 Å². The molecule has 1 aliphatic carbocycles. The van der Waals surface area contributed by atoms with Crippen LogP contribution in [0, 0.1) is 19.8 Å². The first-order valence-electron chi connectivity index (χ1n) is 9.61. The normalized spacial score (nSPS) is 19.6. The third kappa shape index (κ3) is 4.84. The lowest BCUT2D eigenvalue weighted by Gasteiger charge is -2.33. The molecule has 28 heavy (non-hydrogen) atoms. The van der Waals surface area contributed by atoms with E-state index in [1.165, 1.54) is 23.0 Å². The van der Waals surface area contributed by atoms with E-state index in [9.17, 15) is 9.59 Å². The highest BCUT2D eigenvalue weighted by atomic mass is 32.2. The Bertz CT molecular complexity index is 860. The summed E-state index contributed by atoms with van der Waals surface area (Å²) in [6, 6.07) is 0.260. The zero-order valence-electron chi connectivity index (χ0n) is 16.9. The van der Waals surface area contributed by atoms with Crippen LogP contribution in [0.1, 0.15) is 43.0 Å². The lowest BCUT2D eigenvalue weighted by molar-refractivity contribution is -0.150.